The maximum atomic E-state index is 9.17. The molecule has 64 valence electrons. The summed E-state index contributed by atoms with van der Waals surface area (Å²) in [6.45, 7) is -1.19. The van der Waals surface area contributed by atoms with E-state index in [1.165, 1.54) is 0 Å². The molecule has 0 spiro atoms. The number of guanidine groups is 1. The highest BCUT2D eigenvalue weighted by atomic mass is 16.7. The van der Waals surface area contributed by atoms with E-state index in [1.54, 1.807) is 0 Å². The van der Waals surface area contributed by atoms with Gasteiger partial charge in [-0.1, -0.05) is 0 Å². The Morgan fingerprint density at radius 3 is 1.45 bits per heavy atom. The summed E-state index contributed by atoms with van der Waals surface area (Å²) in [6, 6.07) is 0. The zero-order valence-electron chi connectivity index (χ0n) is 5.39. The minimum absolute atomic E-state index is 0.333. The average molecular weight is 165 g/mol. The number of nitrogens with zero attached hydrogens (tertiary/aromatic N) is 2. The molecule has 0 rings (SSSR count). The highest BCUT2D eigenvalue weighted by Gasteiger charge is 2.02. The number of rotatable bonds is 2. The number of hydrogen-bond acceptors (Lipinski definition) is 5. The topological polar surface area (TPSA) is 162 Å². The van der Waals surface area contributed by atoms with Crippen LogP contribution in [-0.4, -0.2) is 22.5 Å². The lowest BCUT2D eigenvalue weighted by atomic mass is 11.1. The van der Waals surface area contributed by atoms with Gasteiger partial charge in [-0.3, -0.25) is 25.6 Å². The molecule has 0 aromatic heterocycles. The van der Waals surface area contributed by atoms with Gasteiger partial charge in [-0.05, 0) is 0 Å². The molecule has 0 aliphatic heterocycles. The summed E-state index contributed by atoms with van der Waals surface area (Å²) in [6.07, 6.45) is 0. The van der Waals surface area contributed by atoms with Gasteiger partial charge < -0.3 is 11.5 Å². The van der Waals surface area contributed by atoms with Gasteiger partial charge in [-0.15, -0.1) is 0 Å². The van der Waals surface area contributed by atoms with E-state index < -0.39 is 16.5 Å². The van der Waals surface area contributed by atoms with Crippen molar-refractivity contribution in [2.75, 3.05) is 6.67 Å². The summed E-state index contributed by atoms with van der Waals surface area (Å²) < 4.78 is 0. The maximum Gasteiger partial charge on any atom is 0.442 e. The molecule has 0 aromatic rings. The highest BCUT2D eigenvalue weighted by molar-refractivity contribution is 5.71. The molecular weight excluding hydrogens is 158 g/mol. The third kappa shape index (κ3) is 69.4. The van der Waals surface area contributed by atoms with E-state index in [1.807, 2.05) is 0 Å². The van der Waals surface area contributed by atoms with Crippen LogP contribution in [0, 0.1) is 25.6 Å². The second kappa shape index (κ2) is 6.19. The van der Waals surface area contributed by atoms with Crippen LogP contribution in [0.3, 0.4) is 0 Å². The third-order valence-electron chi connectivity index (χ3n) is 0.231. The lowest BCUT2D eigenvalue weighted by molar-refractivity contribution is -0.689. The van der Waals surface area contributed by atoms with Crippen LogP contribution in [0.25, 0.3) is 0 Å². The van der Waals surface area contributed by atoms with Crippen LogP contribution in [0.1, 0.15) is 0 Å². The van der Waals surface area contributed by atoms with Gasteiger partial charge in [0, 0.05) is 0 Å². The largest absolute Gasteiger partial charge is 0.442 e. The first-order valence-electron chi connectivity index (χ1n) is 2.19. The molecule has 11 heavy (non-hydrogen) atoms. The van der Waals surface area contributed by atoms with Crippen LogP contribution >= 0.6 is 0 Å². The van der Waals surface area contributed by atoms with Crippen molar-refractivity contribution in [2.24, 2.45) is 11.5 Å². The van der Waals surface area contributed by atoms with E-state index in [4.69, 9.17) is 5.41 Å². The highest BCUT2D eigenvalue weighted by Crippen LogP contribution is 1.66. The molecule has 0 radical (unpaired) electrons. The predicted octanol–water partition coefficient (Wildman–Crippen LogP) is -1.66. The predicted molar refractivity (Wildman–Crippen MR) is 35.0 cm³/mol. The molecule has 0 aromatic carbocycles. The average Bonchev–Trinajstić information content (AvgIpc) is 1.56. The molecule has 0 unspecified atom stereocenters. The van der Waals surface area contributed by atoms with Gasteiger partial charge in [0.2, 0.25) is 0 Å². The fraction of sp³-hybridized carbons (Fsp3) is 0.500. The van der Waals surface area contributed by atoms with Gasteiger partial charge in [-0.25, -0.2) is 0 Å². The van der Waals surface area contributed by atoms with Crippen molar-refractivity contribution in [2.45, 2.75) is 0 Å². The zero-order valence-corrected chi connectivity index (χ0v) is 5.39. The Balaban J connectivity index is 0. The molecule has 0 bridgehead atoms. The minimum Gasteiger partial charge on any atom is -0.370 e. The van der Waals surface area contributed by atoms with Crippen molar-refractivity contribution in [3.8, 4) is 0 Å². The van der Waals surface area contributed by atoms with E-state index in [2.05, 4.69) is 11.5 Å². The Hall–Kier alpha value is -1.93. The molecule has 9 nitrogen and oxygen atoms in total. The SMILES string of the molecule is N=C(N)N.O=[N+]([O-])C[N+](=O)[O-]. The lowest BCUT2D eigenvalue weighted by Gasteiger charge is -1.79. The Morgan fingerprint density at radius 2 is 1.45 bits per heavy atom. The molecule has 0 amide bonds. The van der Waals surface area contributed by atoms with Gasteiger partial charge in [0.05, 0.1) is 9.85 Å². The van der Waals surface area contributed by atoms with E-state index in [0.717, 1.165) is 0 Å². The standard InChI is InChI=1S/CH5N3.CH2N2O4/c2-1(3)4;4-2(5)1-3(6)7/h(H5,2,3,4);1H2. The van der Waals surface area contributed by atoms with Crippen LogP contribution in [0.4, 0.5) is 0 Å². The van der Waals surface area contributed by atoms with Crippen molar-refractivity contribution >= 4 is 5.96 Å². The van der Waals surface area contributed by atoms with Crippen LogP contribution < -0.4 is 11.5 Å². The van der Waals surface area contributed by atoms with Gasteiger partial charge in [0.25, 0.3) is 0 Å². The first kappa shape index (κ1) is 11.8. The maximum absolute atomic E-state index is 9.17. The van der Waals surface area contributed by atoms with E-state index >= 15 is 0 Å². The quantitative estimate of drug-likeness (QED) is 0.146. The first-order chi connectivity index (χ1) is 4.86. The monoisotopic (exact) mass is 165 g/mol. The number of nitro groups is 2. The summed E-state index contributed by atoms with van der Waals surface area (Å²) >= 11 is 0. The molecule has 0 fully saturated rings. The van der Waals surface area contributed by atoms with Crippen molar-refractivity contribution in [1.82, 2.24) is 0 Å². The fourth-order valence-corrected chi connectivity index (χ4v) is 0.0943. The minimum atomic E-state index is -1.19. The fourth-order valence-electron chi connectivity index (χ4n) is 0.0943. The molecule has 9 heteroatoms. The molecule has 0 saturated heterocycles. The first-order valence-corrected chi connectivity index (χ1v) is 2.19. The molecule has 0 aliphatic carbocycles. The Bertz CT molecular complexity index is 150. The van der Waals surface area contributed by atoms with E-state index in [9.17, 15) is 20.2 Å². The zero-order chi connectivity index (χ0) is 9.44. The van der Waals surface area contributed by atoms with Crippen LogP contribution in [0.15, 0.2) is 0 Å². The van der Waals surface area contributed by atoms with Crippen LogP contribution in [0.2, 0.25) is 0 Å². The summed E-state index contributed by atoms with van der Waals surface area (Å²) in [7, 11) is 0. The van der Waals surface area contributed by atoms with Crippen molar-refractivity contribution in [1.29, 1.82) is 5.41 Å². The molecule has 0 atom stereocenters. The summed E-state index contributed by atoms with van der Waals surface area (Å²) in [5.41, 5.74) is 8.94. The van der Waals surface area contributed by atoms with E-state index in [-0.39, 0.29) is 5.96 Å². The second-order valence-corrected chi connectivity index (χ2v) is 1.26. The molecule has 0 saturated carbocycles. The van der Waals surface area contributed by atoms with Crippen molar-refractivity contribution in [3.63, 3.8) is 0 Å². The normalized spacial score (nSPS) is 7.27. The number of nitrogens with one attached hydrogen (secondary N) is 1. The summed E-state index contributed by atoms with van der Waals surface area (Å²) in [5, 5.41) is 24.4. The number of nitrogens with two attached hydrogens (primary N) is 2. The van der Waals surface area contributed by atoms with Gasteiger partial charge in [0.1, 0.15) is 0 Å². The lowest BCUT2D eigenvalue weighted by Crippen LogP contribution is -2.20. The van der Waals surface area contributed by atoms with Gasteiger partial charge in [-0.2, -0.15) is 0 Å². The Kier molecular flexibility index (Phi) is 6.65. The van der Waals surface area contributed by atoms with Crippen LogP contribution in [0.5, 0.6) is 0 Å². The van der Waals surface area contributed by atoms with Crippen molar-refractivity contribution in [3.05, 3.63) is 20.2 Å². The van der Waals surface area contributed by atoms with Crippen molar-refractivity contribution < 1.29 is 9.85 Å². The molecule has 0 heterocycles. The van der Waals surface area contributed by atoms with Gasteiger partial charge >= 0.3 is 6.67 Å². The van der Waals surface area contributed by atoms with Crippen LogP contribution in [-0.2, 0) is 0 Å². The molecule has 5 N–H and O–H groups in total. The van der Waals surface area contributed by atoms with Gasteiger partial charge in [0.15, 0.2) is 5.96 Å². The molecular formula is C2H7N5O4. The molecule has 0 aliphatic rings. The Morgan fingerprint density at radius 1 is 1.27 bits per heavy atom. The third-order valence-corrected chi connectivity index (χ3v) is 0.231. The van der Waals surface area contributed by atoms with E-state index in [0.29, 0.717) is 0 Å². The summed E-state index contributed by atoms with van der Waals surface area (Å²) in [4.78, 5) is 16.3. The summed E-state index contributed by atoms with van der Waals surface area (Å²) in [5.74, 6) is -0.333. The smallest absolute Gasteiger partial charge is 0.370 e. The Labute approximate surface area is 60.8 Å². The second-order valence-electron chi connectivity index (χ2n) is 1.26. The number of hydrogen-bond donors (Lipinski definition) is 3.